The van der Waals surface area contributed by atoms with Gasteiger partial charge in [-0.3, -0.25) is 4.79 Å². The molecule has 2 unspecified atom stereocenters. The summed E-state index contributed by atoms with van der Waals surface area (Å²) in [6, 6.07) is 0.540. The van der Waals surface area contributed by atoms with E-state index < -0.39 is 0 Å². The molecule has 0 amide bonds. The van der Waals surface area contributed by atoms with Crippen LogP contribution < -0.4 is 10.6 Å². The Morgan fingerprint density at radius 3 is 2.14 bits per heavy atom. The monoisotopic (exact) mass is 300 g/mol. The number of hydrogen-bond donors (Lipinski definition) is 2. The van der Waals surface area contributed by atoms with Gasteiger partial charge in [-0.05, 0) is 52.1 Å². The van der Waals surface area contributed by atoms with Crippen LogP contribution in [0.4, 0.5) is 0 Å². The molecule has 0 bridgehead atoms. The van der Waals surface area contributed by atoms with Crippen LogP contribution in [0.1, 0.15) is 72.6 Å². The van der Waals surface area contributed by atoms with E-state index in [0.717, 1.165) is 25.9 Å². The van der Waals surface area contributed by atoms with E-state index in [-0.39, 0.29) is 12.0 Å². The maximum Gasteiger partial charge on any atom is 0.323 e. The molecule has 4 nitrogen and oxygen atoms in total. The fourth-order valence-electron chi connectivity index (χ4n) is 2.45. The van der Waals surface area contributed by atoms with E-state index in [2.05, 4.69) is 24.5 Å². The van der Waals surface area contributed by atoms with E-state index in [1.165, 1.54) is 32.1 Å². The smallest absolute Gasteiger partial charge is 0.323 e. The van der Waals surface area contributed by atoms with Gasteiger partial charge in [0.1, 0.15) is 6.04 Å². The van der Waals surface area contributed by atoms with E-state index in [4.69, 9.17) is 4.74 Å². The fourth-order valence-corrected chi connectivity index (χ4v) is 2.45. The summed E-state index contributed by atoms with van der Waals surface area (Å²) in [6.45, 7) is 10.8. The molecule has 2 N–H and O–H groups in total. The number of carbonyl (C=O) groups is 1. The first-order chi connectivity index (χ1) is 10.2. The molecule has 126 valence electrons. The molecular weight excluding hydrogens is 264 g/mol. The number of nitrogens with one attached hydrogen (secondary N) is 2. The van der Waals surface area contributed by atoms with E-state index in [1.54, 1.807) is 0 Å². The highest BCUT2D eigenvalue weighted by atomic mass is 16.5. The minimum absolute atomic E-state index is 0.119. The van der Waals surface area contributed by atoms with E-state index >= 15 is 0 Å². The summed E-state index contributed by atoms with van der Waals surface area (Å²) in [5.74, 6) is -0.119. The van der Waals surface area contributed by atoms with Crippen molar-refractivity contribution in [3.8, 4) is 0 Å². The lowest BCUT2D eigenvalue weighted by Crippen LogP contribution is -2.38. The number of hydrogen-bond acceptors (Lipinski definition) is 4. The Hall–Kier alpha value is -0.610. The number of carbonyl (C=O) groups excluding carboxylic acids is 1. The van der Waals surface area contributed by atoms with Gasteiger partial charge in [0.15, 0.2) is 0 Å². The Bertz CT molecular complexity index is 247. The van der Waals surface area contributed by atoms with Crippen molar-refractivity contribution in [2.24, 2.45) is 0 Å². The second kappa shape index (κ2) is 14.3. The van der Waals surface area contributed by atoms with Gasteiger partial charge in [-0.15, -0.1) is 0 Å². The summed E-state index contributed by atoms with van der Waals surface area (Å²) >= 11 is 0. The summed E-state index contributed by atoms with van der Waals surface area (Å²) in [4.78, 5) is 11.6. The predicted octanol–water partition coefficient (Wildman–Crippen LogP) is 3.26. The second-order valence-corrected chi connectivity index (χ2v) is 5.58. The molecule has 0 fully saturated rings. The zero-order chi connectivity index (χ0) is 15.9. The highest BCUT2D eigenvalue weighted by Crippen LogP contribution is 2.02. The van der Waals surface area contributed by atoms with Crippen LogP contribution in [0.5, 0.6) is 0 Å². The van der Waals surface area contributed by atoms with Crippen LogP contribution in [0.15, 0.2) is 0 Å². The molecule has 0 aliphatic heterocycles. The number of rotatable bonds is 14. The molecule has 0 saturated heterocycles. The molecule has 0 aliphatic carbocycles. The van der Waals surface area contributed by atoms with Crippen molar-refractivity contribution >= 4 is 5.97 Å². The first-order valence-electron chi connectivity index (χ1n) is 8.82. The molecular formula is C17H36N2O2. The molecule has 0 spiro atoms. The van der Waals surface area contributed by atoms with Crippen LogP contribution in [-0.2, 0) is 9.53 Å². The number of unbranched alkanes of at least 4 members (excludes halogenated alkanes) is 2. The normalized spacial score (nSPS) is 13.9. The maximum atomic E-state index is 11.6. The van der Waals surface area contributed by atoms with Crippen molar-refractivity contribution < 1.29 is 9.53 Å². The van der Waals surface area contributed by atoms with Gasteiger partial charge in [0, 0.05) is 6.04 Å². The van der Waals surface area contributed by atoms with Crippen molar-refractivity contribution in [3.63, 3.8) is 0 Å². The molecule has 0 rings (SSSR count). The average molecular weight is 300 g/mol. The van der Waals surface area contributed by atoms with E-state index in [9.17, 15) is 4.79 Å². The SMILES string of the molecule is CCCC(CC)NCCCCCNC(CC)C(=O)OCC. The molecule has 0 aliphatic rings. The molecule has 21 heavy (non-hydrogen) atoms. The van der Waals surface area contributed by atoms with Crippen molar-refractivity contribution in [1.29, 1.82) is 0 Å². The Morgan fingerprint density at radius 1 is 0.952 bits per heavy atom. The Balaban J connectivity index is 3.55. The summed E-state index contributed by atoms with van der Waals surface area (Å²) < 4.78 is 5.04. The van der Waals surface area contributed by atoms with Crippen LogP contribution in [0.2, 0.25) is 0 Å². The van der Waals surface area contributed by atoms with E-state index in [0.29, 0.717) is 12.6 Å². The van der Waals surface area contributed by atoms with Crippen molar-refractivity contribution in [1.82, 2.24) is 10.6 Å². The molecule has 2 atom stereocenters. The summed E-state index contributed by atoms with van der Waals surface area (Å²) in [7, 11) is 0. The van der Waals surface area contributed by atoms with Crippen LogP contribution in [0.3, 0.4) is 0 Å². The predicted molar refractivity (Wildman–Crippen MR) is 89.6 cm³/mol. The first kappa shape index (κ1) is 20.4. The third kappa shape index (κ3) is 10.7. The Kier molecular flexibility index (Phi) is 13.9. The van der Waals surface area contributed by atoms with Crippen LogP contribution in [-0.4, -0.2) is 37.7 Å². The second-order valence-electron chi connectivity index (χ2n) is 5.58. The third-order valence-electron chi connectivity index (χ3n) is 3.79. The van der Waals surface area contributed by atoms with Gasteiger partial charge in [-0.25, -0.2) is 0 Å². The zero-order valence-corrected chi connectivity index (χ0v) is 14.5. The van der Waals surface area contributed by atoms with Crippen molar-refractivity contribution in [3.05, 3.63) is 0 Å². The topological polar surface area (TPSA) is 50.4 Å². The van der Waals surface area contributed by atoms with Gasteiger partial charge >= 0.3 is 5.97 Å². The molecule has 4 heteroatoms. The quantitative estimate of drug-likeness (QED) is 0.382. The van der Waals surface area contributed by atoms with Crippen LogP contribution in [0.25, 0.3) is 0 Å². The van der Waals surface area contributed by atoms with Crippen molar-refractivity contribution in [2.45, 2.75) is 84.7 Å². The lowest BCUT2D eigenvalue weighted by molar-refractivity contribution is -0.145. The summed E-state index contributed by atoms with van der Waals surface area (Å²) in [6.07, 6.45) is 8.04. The molecule has 0 radical (unpaired) electrons. The summed E-state index contributed by atoms with van der Waals surface area (Å²) in [5, 5.41) is 6.91. The van der Waals surface area contributed by atoms with E-state index in [1.807, 2.05) is 13.8 Å². The van der Waals surface area contributed by atoms with Gasteiger partial charge in [-0.2, -0.15) is 0 Å². The zero-order valence-electron chi connectivity index (χ0n) is 14.5. The maximum absolute atomic E-state index is 11.6. The lowest BCUT2D eigenvalue weighted by Gasteiger charge is -2.16. The van der Waals surface area contributed by atoms with Crippen LogP contribution in [0, 0.1) is 0 Å². The molecule has 0 aromatic heterocycles. The van der Waals surface area contributed by atoms with Gasteiger partial charge in [-0.1, -0.05) is 33.6 Å². The largest absolute Gasteiger partial charge is 0.465 e. The van der Waals surface area contributed by atoms with Gasteiger partial charge in [0.2, 0.25) is 0 Å². The molecule has 0 aromatic rings. The van der Waals surface area contributed by atoms with Crippen molar-refractivity contribution in [2.75, 3.05) is 19.7 Å². The standard InChI is InChI=1S/C17H36N2O2/c1-5-12-15(6-2)18-13-10-9-11-14-19-16(7-3)17(20)21-8-4/h15-16,18-19H,5-14H2,1-4H3. The minimum Gasteiger partial charge on any atom is -0.465 e. The number of ether oxygens (including phenoxy) is 1. The molecule has 0 aromatic carbocycles. The lowest BCUT2D eigenvalue weighted by atomic mass is 10.1. The molecule has 0 saturated carbocycles. The van der Waals surface area contributed by atoms with Gasteiger partial charge < -0.3 is 15.4 Å². The number of esters is 1. The third-order valence-corrected chi connectivity index (χ3v) is 3.79. The highest BCUT2D eigenvalue weighted by Gasteiger charge is 2.15. The average Bonchev–Trinajstić information content (AvgIpc) is 2.49. The fraction of sp³-hybridized carbons (Fsp3) is 0.941. The Labute approximate surface area is 131 Å². The first-order valence-corrected chi connectivity index (χ1v) is 8.82. The molecule has 0 heterocycles. The summed E-state index contributed by atoms with van der Waals surface area (Å²) in [5.41, 5.74) is 0. The highest BCUT2D eigenvalue weighted by molar-refractivity contribution is 5.75. The van der Waals surface area contributed by atoms with Gasteiger partial charge in [0.05, 0.1) is 6.61 Å². The Morgan fingerprint density at radius 2 is 1.62 bits per heavy atom. The van der Waals surface area contributed by atoms with Crippen LogP contribution >= 0.6 is 0 Å². The van der Waals surface area contributed by atoms with Gasteiger partial charge in [0.25, 0.3) is 0 Å². The minimum atomic E-state index is -0.142.